The maximum absolute atomic E-state index is 4.14. The molecule has 1 aromatic rings. The van der Waals surface area contributed by atoms with Gasteiger partial charge in [-0.2, -0.15) is 5.10 Å². The molecule has 1 heterocycles. The second-order valence-electron chi connectivity index (χ2n) is 3.74. The fourth-order valence-corrected chi connectivity index (χ4v) is 1.01. The standard InChI is InChI=1S/C10H13N3/c1-10(5-6-10)8-12-13-9-4-2-3-7-11-9/h2-4,7-8H,5-6H2,1H3,(H,11,13)/b12-8+. The Morgan fingerprint density at radius 3 is 3.00 bits per heavy atom. The molecule has 68 valence electrons. The molecule has 13 heavy (non-hydrogen) atoms. The molecule has 0 saturated heterocycles. The zero-order chi connectivity index (χ0) is 9.15. The predicted molar refractivity (Wildman–Crippen MR) is 53.7 cm³/mol. The van der Waals surface area contributed by atoms with E-state index in [1.54, 1.807) is 6.20 Å². The molecular formula is C10H13N3. The van der Waals surface area contributed by atoms with Crippen molar-refractivity contribution >= 4 is 12.0 Å². The number of nitrogens with zero attached hydrogens (tertiary/aromatic N) is 2. The number of hydrazone groups is 1. The van der Waals surface area contributed by atoms with Gasteiger partial charge in [-0.15, -0.1) is 0 Å². The van der Waals surface area contributed by atoms with E-state index in [0.717, 1.165) is 5.82 Å². The van der Waals surface area contributed by atoms with Crippen molar-refractivity contribution in [2.24, 2.45) is 10.5 Å². The van der Waals surface area contributed by atoms with Gasteiger partial charge < -0.3 is 0 Å². The van der Waals surface area contributed by atoms with Crippen molar-refractivity contribution in [2.75, 3.05) is 5.43 Å². The molecule has 0 unspecified atom stereocenters. The smallest absolute Gasteiger partial charge is 0.146 e. The van der Waals surface area contributed by atoms with Gasteiger partial charge in [-0.3, -0.25) is 5.43 Å². The van der Waals surface area contributed by atoms with Crippen LogP contribution >= 0.6 is 0 Å². The van der Waals surface area contributed by atoms with Gasteiger partial charge in [0.2, 0.25) is 0 Å². The lowest BCUT2D eigenvalue weighted by atomic mass is 10.2. The molecule has 0 amide bonds. The lowest BCUT2D eigenvalue weighted by molar-refractivity contribution is 0.823. The summed E-state index contributed by atoms with van der Waals surface area (Å²) in [5.41, 5.74) is 3.25. The molecule has 1 aliphatic carbocycles. The molecule has 1 fully saturated rings. The Bertz CT molecular complexity index is 301. The van der Waals surface area contributed by atoms with Gasteiger partial charge in [-0.05, 0) is 25.0 Å². The largest absolute Gasteiger partial charge is 0.262 e. The van der Waals surface area contributed by atoms with E-state index in [1.165, 1.54) is 12.8 Å². The molecule has 0 spiro atoms. The van der Waals surface area contributed by atoms with Crippen LogP contribution in [-0.2, 0) is 0 Å². The SMILES string of the molecule is CC1(/C=N/Nc2ccccn2)CC1. The third-order valence-corrected chi connectivity index (χ3v) is 2.26. The summed E-state index contributed by atoms with van der Waals surface area (Å²) >= 11 is 0. The highest BCUT2D eigenvalue weighted by molar-refractivity contribution is 5.69. The summed E-state index contributed by atoms with van der Waals surface area (Å²) < 4.78 is 0. The van der Waals surface area contributed by atoms with E-state index in [0.29, 0.717) is 5.41 Å². The molecule has 0 atom stereocenters. The first-order valence-electron chi connectivity index (χ1n) is 4.50. The van der Waals surface area contributed by atoms with E-state index in [2.05, 4.69) is 22.4 Å². The van der Waals surface area contributed by atoms with Gasteiger partial charge in [0.05, 0.1) is 0 Å². The Morgan fingerprint density at radius 2 is 2.38 bits per heavy atom. The third kappa shape index (κ3) is 2.28. The number of hydrogen-bond acceptors (Lipinski definition) is 3. The number of hydrogen-bond donors (Lipinski definition) is 1. The predicted octanol–water partition coefficient (Wildman–Crippen LogP) is 2.28. The molecule has 0 aromatic carbocycles. The highest BCUT2D eigenvalue weighted by Gasteiger charge is 2.35. The van der Waals surface area contributed by atoms with E-state index in [-0.39, 0.29) is 0 Å². The van der Waals surface area contributed by atoms with Crippen LogP contribution in [0.15, 0.2) is 29.5 Å². The average Bonchev–Trinajstić information content (AvgIpc) is 2.86. The van der Waals surface area contributed by atoms with Crippen LogP contribution in [0.4, 0.5) is 5.82 Å². The molecule has 0 radical (unpaired) electrons. The molecule has 0 bridgehead atoms. The van der Waals surface area contributed by atoms with Gasteiger partial charge >= 0.3 is 0 Å². The van der Waals surface area contributed by atoms with Crippen molar-refractivity contribution in [3.63, 3.8) is 0 Å². The topological polar surface area (TPSA) is 37.3 Å². The Kier molecular flexibility index (Phi) is 2.00. The lowest BCUT2D eigenvalue weighted by Gasteiger charge is -1.99. The number of nitrogens with one attached hydrogen (secondary N) is 1. The first-order chi connectivity index (χ1) is 6.29. The van der Waals surface area contributed by atoms with Crippen LogP contribution in [-0.4, -0.2) is 11.2 Å². The number of anilines is 1. The molecule has 3 heteroatoms. The average molecular weight is 175 g/mol. The van der Waals surface area contributed by atoms with Crippen LogP contribution in [0.5, 0.6) is 0 Å². The summed E-state index contributed by atoms with van der Waals surface area (Å²) in [6, 6.07) is 5.72. The fraction of sp³-hybridized carbons (Fsp3) is 0.400. The second kappa shape index (κ2) is 3.17. The molecule has 1 N–H and O–H groups in total. The Hall–Kier alpha value is -1.38. The maximum Gasteiger partial charge on any atom is 0.146 e. The Balaban J connectivity index is 1.89. The number of pyridine rings is 1. The van der Waals surface area contributed by atoms with E-state index < -0.39 is 0 Å². The van der Waals surface area contributed by atoms with Crippen molar-refractivity contribution in [2.45, 2.75) is 19.8 Å². The normalized spacial score (nSPS) is 18.8. The summed E-state index contributed by atoms with van der Waals surface area (Å²) in [5, 5.41) is 4.14. The van der Waals surface area contributed by atoms with Crippen molar-refractivity contribution < 1.29 is 0 Å². The van der Waals surface area contributed by atoms with Crippen molar-refractivity contribution in [3.8, 4) is 0 Å². The quantitative estimate of drug-likeness (QED) is 0.565. The minimum Gasteiger partial charge on any atom is -0.262 e. The summed E-state index contributed by atoms with van der Waals surface area (Å²) in [5.74, 6) is 0.794. The highest BCUT2D eigenvalue weighted by atomic mass is 15.3. The molecule has 0 aliphatic heterocycles. The fourth-order valence-electron chi connectivity index (χ4n) is 1.01. The van der Waals surface area contributed by atoms with Crippen molar-refractivity contribution in [3.05, 3.63) is 24.4 Å². The van der Waals surface area contributed by atoms with Crippen molar-refractivity contribution in [1.29, 1.82) is 0 Å². The van der Waals surface area contributed by atoms with Crippen LogP contribution in [0.2, 0.25) is 0 Å². The van der Waals surface area contributed by atoms with Gasteiger partial charge in [0.25, 0.3) is 0 Å². The summed E-state index contributed by atoms with van der Waals surface area (Å²) in [7, 11) is 0. The Morgan fingerprint density at radius 1 is 1.54 bits per heavy atom. The Labute approximate surface area is 77.9 Å². The van der Waals surface area contributed by atoms with Gasteiger partial charge in [-0.25, -0.2) is 4.98 Å². The van der Waals surface area contributed by atoms with Crippen LogP contribution < -0.4 is 5.43 Å². The second-order valence-corrected chi connectivity index (χ2v) is 3.74. The number of rotatable bonds is 3. The number of aromatic nitrogens is 1. The van der Waals surface area contributed by atoms with Crippen LogP contribution in [0.3, 0.4) is 0 Å². The molecule has 1 aromatic heterocycles. The molecule has 2 rings (SSSR count). The lowest BCUT2D eigenvalue weighted by Crippen LogP contribution is -1.98. The minimum absolute atomic E-state index is 0.349. The summed E-state index contributed by atoms with van der Waals surface area (Å²) in [6.07, 6.45) is 6.22. The first kappa shape index (κ1) is 8.23. The molecule has 1 saturated carbocycles. The molecular weight excluding hydrogens is 162 g/mol. The van der Waals surface area contributed by atoms with Gasteiger partial charge in [0, 0.05) is 17.8 Å². The van der Waals surface area contributed by atoms with Crippen molar-refractivity contribution in [1.82, 2.24) is 4.98 Å². The molecule has 1 aliphatic rings. The van der Waals surface area contributed by atoms with Crippen LogP contribution in [0.1, 0.15) is 19.8 Å². The summed E-state index contributed by atoms with van der Waals surface area (Å²) in [4.78, 5) is 4.09. The zero-order valence-electron chi connectivity index (χ0n) is 7.70. The first-order valence-corrected chi connectivity index (χ1v) is 4.50. The highest BCUT2D eigenvalue weighted by Crippen LogP contribution is 2.42. The zero-order valence-corrected chi connectivity index (χ0v) is 7.70. The van der Waals surface area contributed by atoms with E-state index in [4.69, 9.17) is 0 Å². The van der Waals surface area contributed by atoms with Crippen LogP contribution in [0.25, 0.3) is 0 Å². The minimum atomic E-state index is 0.349. The van der Waals surface area contributed by atoms with E-state index in [9.17, 15) is 0 Å². The monoisotopic (exact) mass is 175 g/mol. The van der Waals surface area contributed by atoms with Crippen LogP contribution in [0, 0.1) is 5.41 Å². The van der Waals surface area contributed by atoms with Gasteiger partial charge in [0.15, 0.2) is 0 Å². The van der Waals surface area contributed by atoms with Gasteiger partial charge in [0.1, 0.15) is 5.82 Å². The third-order valence-electron chi connectivity index (χ3n) is 2.26. The van der Waals surface area contributed by atoms with E-state index in [1.807, 2.05) is 24.4 Å². The maximum atomic E-state index is 4.14. The molecule has 3 nitrogen and oxygen atoms in total. The van der Waals surface area contributed by atoms with Gasteiger partial charge in [-0.1, -0.05) is 13.0 Å². The van der Waals surface area contributed by atoms with E-state index >= 15 is 0 Å². The summed E-state index contributed by atoms with van der Waals surface area (Å²) in [6.45, 7) is 2.20.